The number of aromatic nitrogens is 5. The third-order valence-electron chi connectivity index (χ3n) is 5.13. The van der Waals surface area contributed by atoms with E-state index in [1.807, 2.05) is 36.4 Å². The van der Waals surface area contributed by atoms with Gasteiger partial charge in [0.25, 0.3) is 0 Å². The molecule has 4 N–H and O–H groups in total. The minimum absolute atomic E-state index is 0.231. The average Bonchev–Trinajstić information content (AvgIpc) is 3.17. The van der Waals surface area contributed by atoms with Crippen LogP contribution >= 0.6 is 0 Å². The zero-order valence-corrected chi connectivity index (χ0v) is 18.4. The van der Waals surface area contributed by atoms with Crippen LogP contribution in [0.4, 0.5) is 34.8 Å². The second-order valence-corrected chi connectivity index (χ2v) is 7.25. The first-order valence-corrected chi connectivity index (χ1v) is 10.6. The Morgan fingerprint density at radius 2 is 1.75 bits per heavy atom. The van der Waals surface area contributed by atoms with Crippen LogP contribution < -0.4 is 21.3 Å². The van der Waals surface area contributed by atoms with Gasteiger partial charge < -0.3 is 21.3 Å². The number of para-hydroxylation sites is 1. The van der Waals surface area contributed by atoms with Gasteiger partial charge in [-0.25, -0.2) is 9.97 Å². The van der Waals surface area contributed by atoms with Gasteiger partial charge in [0.2, 0.25) is 11.9 Å². The Hall–Kier alpha value is -4.14. The van der Waals surface area contributed by atoms with E-state index in [0.29, 0.717) is 17.6 Å². The average molecular weight is 430 g/mol. The topological polar surface area (TPSA) is 110 Å². The monoisotopic (exact) mass is 429 g/mol. The van der Waals surface area contributed by atoms with E-state index in [1.165, 1.54) is 16.7 Å². The van der Waals surface area contributed by atoms with Crippen LogP contribution in [0.15, 0.2) is 60.9 Å². The maximum Gasteiger partial charge on any atom is 0.248 e. The molecular weight excluding hydrogens is 402 g/mol. The maximum atomic E-state index is 6.13. The quantitative estimate of drug-likeness (QED) is 0.381. The molecule has 2 aromatic carbocycles. The molecule has 9 heteroatoms. The molecule has 0 aliphatic heterocycles. The largest absolute Gasteiger partial charge is 0.372 e. The van der Waals surface area contributed by atoms with Crippen LogP contribution in [0.1, 0.15) is 19.4 Å². The lowest BCUT2D eigenvalue weighted by Gasteiger charge is -2.22. The molecule has 32 heavy (non-hydrogen) atoms. The van der Waals surface area contributed by atoms with Crippen molar-refractivity contribution in [3.05, 3.63) is 66.5 Å². The molecule has 0 saturated heterocycles. The fourth-order valence-electron chi connectivity index (χ4n) is 3.44. The number of anilines is 6. The minimum atomic E-state index is 0.231. The molecular formula is C23H27N9. The summed E-state index contributed by atoms with van der Waals surface area (Å²) in [7, 11) is 0. The highest BCUT2D eigenvalue weighted by Gasteiger charge is 2.13. The summed E-state index contributed by atoms with van der Waals surface area (Å²) in [6.07, 6.45) is 1.46. The van der Waals surface area contributed by atoms with Gasteiger partial charge in [-0.2, -0.15) is 9.67 Å². The Morgan fingerprint density at radius 1 is 0.969 bits per heavy atom. The van der Waals surface area contributed by atoms with Crippen LogP contribution in [-0.2, 0) is 0 Å². The first kappa shape index (κ1) is 21.1. The highest BCUT2D eigenvalue weighted by molar-refractivity contribution is 5.64. The van der Waals surface area contributed by atoms with Gasteiger partial charge >= 0.3 is 0 Å². The van der Waals surface area contributed by atoms with Crippen LogP contribution in [0, 0.1) is 6.92 Å². The smallest absolute Gasteiger partial charge is 0.248 e. The molecule has 2 aromatic heterocycles. The third-order valence-corrected chi connectivity index (χ3v) is 5.13. The Labute approximate surface area is 187 Å². The molecule has 4 aromatic rings. The fraction of sp³-hybridized carbons (Fsp3) is 0.217. The number of nitrogen functional groups attached to an aromatic ring is 1. The molecule has 0 bridgehead atoms. The normalized spacial score (nSPS) is 10.7. The van der Waals surface area contributed by atoms with Crippen molar-refractivity contribution in [2.75, 3.05) is 34.4 Å². The van der Waals surface area contributed by atoms with Gasteiger partial charge in [0.15, 0.2) is 5.82 Å². The van der Waals surface area contributed by atoms with Gasteiger partial charge in [0.1, 0.15) is 12.1 Å². The second-order valence-electron chi connectivity index (χ2n) is 7.25. The van der Waals surface area contributed by atoms with E-state index < -0.39 is 0 Å². The van der Waals surface area contributed by atoms with Crippen molar-refractivity contribution >= 4 is 34.8 Å². The highest BCUT2D eigenvalue weighted by atomic mass is 15.4. The summed E-state index contributed by atoms with van der Waals surface area (Å²) in [5.74, 6) is 1.78. The molecule has 0 amide bonds. The number of nitrogens with zero attached hydrogens (tertiary/aromatic N) is 6. The van der Waals surface area contributed by atoms with E-state index in [4.69, 9.17) is 5.73 Å². The number of hydrogen-bond donors (Lipinski definition) is 3. The number of benzene rings is 2. The van der Waals surface area contributed by atoms with E-state index in [9.17, 15) is 0 Å². The van der Waals surface area contributed by atoms with Gasteiger partial charge in [-0.3, -0.25) is 0 Å². The van der Waals surface area contributed by atoms with E-state index in [-0.39, 0.29) is 5.95 Å². The molecule has 0 unspecified atom stereocenters. The van der Waals surface area contributed by atoms with Crippen molar-refractivity contribution in [2.24, 2.45) is 0 Å². The van der Waals surface area contributed by atoms with Crippen molar-refractivity contribution in [3.63, 3.8) is 0 Å². The number of aryl methyl sites for hydroxylation is 1. The molecule has 164 valence electrons. The summed E-state index contributed by atoms with van der Waals surface area (Å²) in [5, 5.41) is 11.0. The van der Waals surface area contributed by atoms with Crippen molar-refractivity contribution in [3.8, 4) is 5.82 Å². The first-order valence-electron chi connectivity index (χ1n) is 10.6. The molecule has 0 aliphatic rings. The number of nitrogens with one attached hydrogen (secondary N) is 2. The van der Waals surface area contributed by atoms with Gasteiger partial charge in [-0.1, -0.05) is 18.2 Å². The summed E-state index contributed by atoms with van der Waals surface area (Å²) in [4.78, 5) is 15.2. The fourth-order valence-corrected chi connectivity index (χ4v) is 3.44. The lowest BCUT2D eigenvalue weighted by atomic mass is 10.1. The van der Waals surface area contributed by atoms with Crippen LogP contribution in [0.5, 0.6) is 0 Å². The predicted molar refractivity (Wildman–Crippen MR) is 129 cm³/mol. The lowest BCUT2D eigenvalue weighted by molar-refractivity contribution is 0.852. The van der Waals surface area contributed by atoms with E-state index in [2.05, 4.69) is 68.5 Å². The summed E-state index contributed by atoms with van der Waals surface area (Å²) >= 11 is 0. The van der Waals surface area contributed by atoms with Crippen LogP contribution in [0.25, 0.3) is 5.82 Å². The van der Waals surface area contributed by atoms with Gasteiger partial charge in [0, 0.05) is 36.2 Å². The first-order chi connectivity index (χ1) is 15.6. The zero-order chi connectivity index (χ0) is 22.5. The van der Waals surface area contributed by atoms with E-state index in [1.54, 1.807) is 6.07 Å². The van der Waals surface area contributed by atoms with Crippen molar-refractivity contribution in [1.82, 2.24) is 24.7 Å². The summed E-state index contributed by atoms with van der Waals surface area (Å²) in [6, 6.07) is 17.8. The summed E-state index contributed by atoms with van der Waals surface area (Å²) in [6.45, 7) is 8.29. The molecule has 4 rings (SSSR count). The number of rotatable bonds is 8. The Balaban J connectivity index is 1.54. The van der Waals surface area contributed by atoms with Gasteiger partial charge in [0.05, 0.1) is 0 Å². The van der Waals surface area contributed by atoms with E-state index in [0.717, 1.165) is 30.0 Å². The highest BCUT2D eigenvalue weighted by Crippen LogP contribution is 2.25. The van der Waals surface area contributed by atoms with Crippen LogP contribution in [-0.4, -0.2) is 37.8 Å². The lowest BCUT2D eigenvalue weighted by Crippen LogP contribution is -2.21. The van der Waals surface area contributed by atoms with Gasteiger partial charge in [-0.05, 0) is 56.7 Å². The van der Waals surface area contributed by atoms with Crippen molar-refractivity contribution in [2.45, 2.75) is 20.8 Å². The Morgan fingerprint density at radius 3 is 2.47 bits per heavy atom. The van der Waals surface area contributed by atoms with Crippen LogP contribution in [0.3, 0.4) is 0 Å². The molecule has 0 saturated carbocycles. The van der Waals surface area contributed by atoms with Gasteiger partial charge in [-0.15, -0.1) is 5.10 Å². The van der Waals surface area contributed by atoms with Crippen LogP contribution in [0.2, 0.25) is 0 Å². The van der Waals surface area contributed by atoms with Crippen molar-refractivity contribution in [1.29, 1.82) is 0 Å². The molecule has 2 heterocycles. The SMILES string of the molecule is CCN(CC)c1ccc(Nc2nc(N)n(-c3cc(Nc4ccccc4)ncn3)n2)c(C)c1. The molecule has 0 radical (unpaired) electrons. The van der Waals surface area contributed by atoms with Crippen molar-refractivity contribution < 1.29 is 0 Å². The summed E-state index contributed by atoms with van der Waals surface area (Å²) < 4.78 is 1.49. The standard InChI is InChI=1S/C23H27N9/c1-4-31(5-2)18-11-12-19(16(3)13-18)28-23-29-22(24)32(30-23)21-14-20(25-15-26-21)27-17-9-7-6-8-10-17/h6-15H,4-5H2,1-3H3,(H,25,26,27)(H3,24,28,29,30). The predicted octanol–water partition coefficient (Wildman–Crippen LogP) is 4.28. The molecule has 0 spiro atoms. The molecule has 0 aliphatic carbocycles. The minimum Gasteiger partial charge on any atom is -0.372 e. The Kier molecular flexibility index (Phi) is 6.16. The number of nitrogens with two attached hydrogens (primary N) is 1. The molecule has 0 atom stereocenters. The third kappa shape index (κ3) is 4.61. The number of hydrogen-bond acceptors (Lipinski definition) is 8. The molecule has 0 fully saturated rings. The zero-order valence-electron chi connectivity index (χ0n) is 18.4. The van der Waals surface area contributed by atoms with E-state index >= 15 is 0 Å². The molecule has 9 nitrogen and oxygen atoms in total. The summed E-state index contributed by atoms with van der Waals surface area (Å²) in [5.41, 5.74) is 10.3. The maximum absolute atomic E-state index is 6.13. The Bertz CT molecular complexity index is 1180. The second kappa shape index (κ2) is 9.34.